The monoisotopic (exact) mass is 292 g/mol. The van der Waals surface area contributed by atoms with Gasteiger partial charge in [-0.2, -0.15) is 0 Å². The van der Waals surface area contributed by atoms with E-state index < -0.39 is 24.4 Å². The fraction of sp³-hybridized carbons (Fsp3) is 0.154. The average molecular weight is 292 g/mol. The van der Waals surface area contributed by atoms with Crippen molar-refractivity contribution in [2.45, 2.75) is 12.5 Å². The molecule has 7 heteroatoms. The summed E-state index contributed by atoms with van der Waals surface area (Å²) in [7, 11) is 0. The van der Waals surface area contributed by atoms with E-state index in [1.165, 1.54) is 11.3 Å². The first-order valence-corrected chi connectivity index (χ1v) is 6.66. The van der Waals surface area contributed by atoms with Crippen LogP contribution < -0.4 is 5.32 Å². The second-order valence-corrected chi connectivity index (χ2v) is 4.90. The Morgan fingerprint density at radius 2 is 1.95 bits per heavy atom. The zero-order valence-corrected chi connectivity index (χ0v) is 11.1. The maximum absolute atomic E-state index is 11.0. The zero-order valence-electron chi connectivity index (χ0n) is 10.3. The molecule has 3 N–H and O–H groups in total. The van der Waals surface area contributed by atoms with E-state index in [1.807, 2.05) is 30.3 Å². The molecule has 6 nitrogen and oxygen atoms in total. The van der Waals surface area contributed by atoms with Crippen molar-refractivity contribution in [3.63, 3.8) is 0 Å². The fourth-order valence-electron chi connectivity index (χ4n) is 1.61. The van der Waals surface area contributed by atoms with Gasteiger partial charge >= 0.3 is 11.9 Å². The SMILES string of the molecule is O=C(O)CC(Nc1nc(-c2ccccc2)cs1)C(=O)O. The first kappa shape index (κ1) is 14.0. The van der Waals surface area contributed by atoms with Crippen LogP contribution in [0.4, 0.5) is 5.13 Å². The van der Waals surface area contributed by atoms with Crippen molar-refractivity contribution < 1.29 is 19.8 Å². The highest BCUT2D eigenvalue weighted by Gasteiger charge is 2.21. The molecule has 1 unspecified atom stereocenters. The molecule has 104 valence electrons. The number of anilines is 1. The van der Waals surface area contributed by atoms with E-state index in [1.54, 1.807) is 5.38 Å². The fourth-order valence-corrected chi connectivity index (χ4v) is 2.38. The Balaban J connectivity index is 2.12. The predicted molar refractivity (Wildman–Crippen MR) is 74.8 cm³/mol. The van der Waals surface area contributed by atoms with Crippen LogP contribution in [0, 0.1) is 0 Å². The van der Waals surface area contributed by atoms with Gasteiger partial charge < -0.3 is 15.5 Å². The topological polar surface area (TPSA) is 99.5 Å². The number of aromatic nitrogens is 1. The van der Waals surface area contributed by atoms with Crippen LogP contribution in [-0.2, 0) is 9.59 Å². The van der Waals surface area contributed by atoms with Crippen LogP contribution in [0.25, 0.3) is 11.3 Å². The second-order valence-electron chi connectivity index (χ2n) is 4.04. The van der Waals surface area contributed by atoms with Crippen LogP contribution in [0.2, 0.25) is 0 Å². The maximum atomic E-state index is 11.0. The Morgan fingerprint density at radius 1 is 1.25 bits per heavy atom. The summed E-state index contributed by atoms with van der Waals surface area (Å²) in [5, 5.41) is 22.4. The van der Waals surface area contributed by atoms with Crippen LogP contribution in [0.1, 0.15) is 6.42 Å². The number of hydrogen-bond donors (Lipinski definition) is 3. The number of rotatable bonds is 6. The van der Waals surface area contributed by atoms with Gasteiger partial charge in [-0.1, -0.05) is 30.3 Å². The van der Waals surface area contributed by atoms with E-state index in [9.17, 15) is 9.59 Å². The molecule has 2 rings (SSSR count). The number of nitrogens with zero attached hydrogens (tertiary/aromatic N) is 1. The third kappa shape index (κ3) is 3.55. The van der Waals surface area contributed by atoms with Crippen molar-refractivity contribution in [2.24, 2.45) is 0 Å². The van der Waals surface area contributed by atoms with E-state index in [4.69, 9.17) is 10.2 Å². The number of nitrogens with one attached hydrogen (secondary N) is 1. The van der Waals surface area contributed by atoms with E-state index >= 15 is 0 Å². The van der Waals surface area contributed by atoms with Crippen molar-refractivity contribution in [1.82, 2.24) is 4.98 Å². The third-order valence-corrected chi connectivity index (χ3v) is 3.32. The quantitative estimate of drug-likeness (QED) is 0.754. The molecule has 1 atom stereocenters. The highest BCUT2D eigenvalue weighted by molar-refractivity contribution is 7.14. The van der Waals surface area contributed by atoms with Gasteiger partial charge in [0.05, 0.1) is 12.1 Å². The van der Waals surface area contributed by atoms with E-state index in [0.29, 0.717) is 5.13 Å². The van der Waals surface area contributed by atoms with Crippen LogP contribution >= 0.6 is 11.3 Å². The van der Waals surface area contributed by atoms with Gasteiger partial charge in [0.1, 0.15) is 6.04 Å². The Morgan fingerprint density at radius 3 is 2.55 bits per heavy atom. The maximum Gasteiger partial charge on any atom is 0.326 e. The van der Waals surface area contributed by atoms with Gasteiger partial charge in [0.2, 0.25) is 0 Å². The van der Waals surface area contributed by atoms with Gasteiger partial charge in [0, 0.05) is 10.9 Å². The molecule has 0 saturated heterocycles. The molecule has 20 heavy (non-hydrogen) atoms. The average Bonchev–Trinajstić information content (AvgIpc) is 2.87. The van der Waals surface area contributed by atoms with Crippen molar-refractivity contribution in [3.8, 4) is 11.3 Å². The molecule has 0 aliphatic heterocycles. The molecule has 0 aliphatic rings. The number of thiazole rings is 1. The predicted octanol–water partition coefficient (Wildman–Crippen LogP) is 2.15. The Bertz CT molecular complexity index is 612. The summed E-state index contributed by atoms with van der Waals surface area (Å²) in [5.41, 5.74) is 1.64. The number of hydrogen-bond acceptors (Lipinski definition) is 5. The number of carboxylic acid groups (broad SMARTS) is 2. The highest BCUT2D eigenvalue weighted by atomic mass is 32.1. The van der Waals surface area contributed by atoms with E-state index in [-0.39, 0.29) is 0 Å². The minimum Gasteiger partial charge on any atom is -0.481 e. The summed E-state index contributed by atoms with van der Waals surface area (Å²) < 4.78 is 0. The number of carboxylic acids is 2. The van der Waals surface area contributed by atoms with Gasteiger partial charge in [0.25, 0.3) is 0 Å². The largest absolute Gasteiger partial charge is 0.481 e. The standard InChI is InChI=1S/C13H12N2O4S/c16-11(17)6-9(12(18)19)14-13-15-10(7-20-13)8-4-2-1-3-5-8/h1-5,7,9H,6H2,(H,14,15)(H,16,17)(H,18,19). The van der Waals surface area contributed by atoms with Gasteiger partial charge in [-0.25, -0.2) is 9.78 Å². The first-order chi connectivity index (χ1) is 9.56. The lowest BCUT2D eigenvalue weighted by molar-refractivity contribution is -0.144. The van der Waals surface area contributed by atoms with Gasteiger partial charge in [-0.3, -0.25) is 4.79 Å². The molecule has 0 saturated carbocycles. The van der Waals surface area contributed by atoms with Gasteiger partial charge in [-0.05, 0) is 0 Å². The molecular weight excluding hydrogens is 280 g/mol. The lowest BCUT2D eigenvalue weighted by Crippen LogP contribution is -2.31. The Labute approximate surface area is 118 Å². The summed E-state index contributed by atoms with van der Waals surface area (Å²) >= 11 is 1.24. The Hall–Kier alpha value is -2.41. The molecule has 0 bridgehead atoms. The Kier molecular flexibility index (Phi) is 4.31. The molecule has 2 aromatic rings. The minimum atomic E-state index is -1.22. The summed E-state index contributed by atoms with van der Waals surface area (Å²) in [4.78, 5) is 25.8. The highest BCUT2D eigenvalue weighted by Crippen LogP contribution is 2.25. The smallest absolute Gasteiger partial charge is 0.326 e. The van der Waals surface area contributed by atoms with Crippen molar-refractivity contribution in [3.05, 3.63) is 35.7 Å². The lowest BCUT2D eigenvalue weighted by Gasteiger charge is -2.10. The molecule has 1 heterocycles. The second kappa shape index (κ2) is 6.16. The molecule has 1 aromatic heterocycles. The van der Waals surface area contributed by atoms with E-state index in [0.717, 1.165) is 11.3 Å². The van der Waals surface area contributed by atoms with Crippen LogP contribution in [0.5, 0.6) is 0 Å². The minimum absolute atomic E-state index is 0.387. The number of benzene rings is 1. The van der Waals surface area contributed by atoms with Gasteiger partial charge in [0.15, 0.2) is 5.13 Å². The molecule has 0 spiro atoms. The zero-order chi connectivity index (χ0) is 14.5. The molecular formula is C13H12N2O4S. The normalized spacial score (nSPS) is 11.8. The van der Waals surface area contributed by atoms with E-state index in [2.05, 4.69) is 10.3 Å². The lowest BCUT2D eigenvalue weighted by atomic mass is 10.2. The molecule has 0 radical (unpaired) electrons. The molecule has 1 aromatic carbocycles. The van der Waals surface area contributed by atoms with Crippen molar-refractivity contribution in [1.29, 1.82) is 0 Å². The molecule has 0 amide bonds. The third-order valence-electron chi connectivity index (χ3n) is 2.55. The summed E-state index contributed by atoms with van der Waals surface area (Å²) in [6.45, 7) is 0. The molecule has 0 aliphatic carbocycles. The summed E-state index contributed by atoms with van der Waals surface area (Å²) in [6, 6.07) is 8.25. The van der Waals surface area contributed by atoms with Crippen LogP contribution in [0.3, 0.4) is 0 Å². The van der Waals surface area contributed by atoms with Crippen LogP contribution in [-0.4, -0.2) is 33.2 Å². The summed E-state index contributed by atoms with van der Waals surface area (Å²) in [5.74, 6) is -2.39. The first-order valence-electron chi connectivity index (χ1n) is 5.78. The summed E-state index contributed by atoms with van der Waals surface area (Å²) in [6.07, 6.45) is -0.504. The van der Waals surface area contributed by atoms with Crippen molar-refractivity contribution in [2.75, 3.05) is 5.32 Å². The number of carbonyl (C=O) groups is 2. The van der Waals surface area contributed by atoms with Gasteiger partial charge in [-0.15, -0.1) is 11.3 Å². The van der Waals surface area contributed by atoms with Crippen LogP contribution in [0.15, 0.2) is 35.7 Å². The van der Waals surface area contributed by atoms with Crippen molar-refractivity contribution >= 4 is 28.4 Å². The molecule has 0 fully saturated rings. The number of aliphatic carboxylic acids is 2.